The summed E-state index contributed by atoms with van der Waals surface area (Å²) in [6.45, 7) is 2.92. The molecule has 0 aliphatic carbocycles. The van der Waals surface area contributed by atoms with Crippen molar-refractivity contribution in [2.45, 2.75) is 25.4 Å². The first kappa shape index (κ1) is 15.7. The molecule has 2 rings (SSSR count). The Morgan fingerprint density at radius 2 is 2.00 bits per heavy atom. The van der Waals surface area contributed by atoms with Gasteiger partial charge in [0.25, 0.3) is 0 Å². The molecule has 114 valence electrons. The predicted molar refractivity (Wildman–Crippen MR) is 78.1 cm³/mol. The van der Waals surface area contributed by atoms with E-state index in [-0.39, 0.29) is 18.3 Å². The Morgan fingerprint density at radius 1 is 1.38 bits per heavy atom. The third-order valence-electron chi connectivity index (χ3n) is 3.61. The predicted octanol–water partition coefficient (Wildman–Crippen LogP) is 1.89. The average molecular weight is 293 g/mol. The van der Waals surface area contributed by atoms with Crippen LogP contribution in [-0.2, 0) is 9.53 Å². The Kier molecular flexibility index (Phi) is 5.09. The van der Waals surface area contributed by atoms with E-state index < -0.39 is 5.60 Å². The van der Waals surface area contributed by atoms with Crippen molar-refractivity contribution in [1.82, 2.24) is 5.32 Å². The lowest BCUT2D eigenvalue weighted by Crippen LogP contribution is -2.46. The van der Waals surface area contributed by atoms with Crippen molar-refractivity contribution in [3.8, 4) is 0 Å². The summed E-state index contributed by atoms with van der Waals surface area (Å²) in [5, 5.41) is 13.0. The Balaban J connectivity index is 1.91. The smallest absolute Gasteiger partial charge is 0.247 e. The fourth-order valence-electron chi connectivity index (χ4n) is 2.19. The molecule has 0 saturated carbocycles. The SMILES string of the molecule is CC(=Cc1ccc(F)cc1)C(=O)NCC1(O)CCOCC1. The number of halogens is 1. The van der Waals surface area contributed by atoms with Gasteiger partial charge in [0.1, 0.15) is 5.82 Å². The molecule has 0 atom stereocenters. The molecule has 1 aromatic carbocycles. The summed E-state index contributed by atoms with van der Waals surface area (Å²) in [7, 11) is 0. The number of hydrogen-bond donors (Lipinski definition) is 2. The maximum Gasteiger partial charge on any atom is 0.247 e. The highest BCUT2D eigenvalue weighted by atomic mass is 19.1. The maximum atomic E-state index is 12.8. The molecule has 1 amide bonds. The number of carbonyl (C=O) groups excluding carboxylic acids is 1. The Labute approximate surface area is 123 Å². The topological polar surface area (TPSA) is 58.6 Å². The van der Waals surface area contributed by atoms with Gasteiger partial charge in [0.05, 0.1) is 5.60 Å². The first-order valence-electron chi connectivity index (χ1n) is 7.01. The number of nitrogens with one attached hydrogen (secondary N) is 1. The van der Waals surface area contributed by atoms with Crippen LogP contribution in [0.4, 0.5) is 4.39 Å². The summed E-state index contributed by atoms with van der Waals surface area (Å²) in [4.78, 5) is 12.0. The van der Waals surface area contributed by atoms with E-state index in [1.54, 1.807) is 25.1 Å². The lowest BCUT2D eigenvalue weighted by atomic mass is 9.94. The van der Waals surface area contributed by atoms with Crippen molar-refractivity contribution in [2.75, 3.05) is 19.8 Å². The summed E-state index contributed by atoms with van der Waals surface area (Å²) < 4.78 is 18.0. The molecule has 0 spiro atoms. The van der Waals surface area contributed by atoms with Crippen LogP contribution in [-0.4, -0.2) is 36.4 Å². The molecule has 21 heavy (non-hydrogen) atoms. The molecule has 0 bridgehead atoms. The van der Waals surface area contributed by atoms with Gasteiger partial charge in [-0.1, -0.05) is 12.1 Å². The van der Waals surface area contributed by atoms with E-state index in [1.165, 1.54) is 12.1 Å². The van der Waals surface area contributed by atoms with Crippen LogP contribution in [0.15, 0.2) is 29.8 Å². The maximum absolute atomic E-state index is 12.8. The normalized spacial score (nSPS) is 18.3. The molecule has 1 aromatic rings. The zero-order chi connectivity index (χ0) is 15.3. The van der Waals surface area contributed by atoms with E-state index in [2.05, 4.69) is 5.32 Å². The lowest BCUT2D eigenvalue weighted by molar-refractivity contribution is -0.120. The molecular formula is C16H20FNO3. The van der Waals surface area contributed by atoms with Crippen LogP contribution < -0.4 is 5.32 Å². The largest absolute Gasteiger partial charge is 0.388 e. The first-order chi connectivity index (χ1) is 9.98. The Hall–Kier alpha value is -1.72. The standard InChI is InChI=1S/C16H20FNO3/c1-12(10-13-2-4-14(17)5-3-13)15(19)18-11-16(20)6-8-21-9-7-16/h2-5,10,20H,6-9,11H2,1H3,(H,18,19). The van der Waals surface area contributed by atoms with E-state index in [1.807, 2.05) is 0 Å². The van der Waals surface area contributed by atoms with Gasteiger partial charge in [-0.15, -0.1) is 0 Å². The third-order valence-corrected chi connectivity index (χ3v) is 3.61. The Bertz CT molecular complexity index is 519. The van der Waals surface area contributed by atoms with Gasteiger partial charge in [-0.25, -0.2) is 4.39 Å². The van der Waals surface area contributed by atoms with Crippen LogP contribution in [0, 0.1) is 5.82 Å². The highest BCUT2D eigenvalue weighted by Crippen LogP contribution is 2.19. The van der Waals surface area contributed by atoms with Crippen molar-refractivity contribution in [1.29, 1.82) is 0 Å². The molecule has 2 N–H and O–H groups in total. The number of rotatable bonds is 4. The van der Waals surface area contributed by atoms with Gasteiger partial charge in [-0.3, -0.25) is 4.79 Å². The Morgan fingerprint density at radius 3 is 2.62 bits per heavy atom. The number of carbonyl (C=O) groups is 1. The van der Waals surface area contributed by atoms with Crippen molar-refractivity contribution in [3.05, 3.63) is 41.2 Å². The summed E-state index contributed by atoms with van der Waals surface area (Å²) in [6.07, 6.45) is 2.73. The molecule has 0 aromatic heterocycles. The van der Waals surface area contributed by atoms with E-state index in [4.69, 9.17) is 4.74 Å². The first-order valence-corrected chi connectivity index (χ1v) is 7.01. The zero-order valence-corrected chi connectivity index (χ0v) is 12.1. The number of aliphatic hydroxyl groups is 1. The molecule has 1 aliphatic rings. The van der Waals surface area contributed by atoms with Crippen LogP contribution in [0.2, 0.25) is 0 Å². The highest BCUT2D eigenvalue weighted by molar-refractivity contribution is 5.97. The fraction of sp³-hybridized carbons (Fsp3) is 0.438. The monoisotopic (exact) mass is 293 g/mol. The van der Waals surface area contributed by atoms with Gasteiger partial charge in [-0.2, -0.15) is 0 Å². The number of hydrogen-bond acceptors (Lipinski definition) is 3. The second kappa shape index (κ2) is 6.83. The summed E-state index contributed by atoms with van der Waals surface area (Å²) in [5.41, 5.74) is 0.385. The van der Waals surface area contributed by atoms with Gasteiger partial charge >= 0.3 is 0 Å². The number of amides is 1. The van der Waals surface area contributed by atoms with Gasteiger partial charge in [-0.05, 0) is 30.7 Å². The average Bonchev–Trinajstić information content (AvgIpc) is 2.48. The van der Waals surface area contributed by atoms with Crippen LogP contribution in [0.3, 0.4) is 0 Å². The number of ether oxygens (including phenoxy) is 1. The third kappa shape index (κ3) is 4.65. The van der Waals surface area contributed by atoms with Crippen LogP contribution in [0.1, 0.15) is 25.3 Å². The highest BCUT2D eigenvalue weighted by Gasteiger charge is 2.30. The summed E-state index contributed by atoms with van der Waals surface area (Å²) in [5.74, 6) is -0.546. The van der Waals surface area contributed by atoms with E-state index >= 15 is 0 Å². The summed E-state index contributed by atoms with van der Waals surface area (Å²) >= 11 is 0. The molecule has 0 unspecified atom stereocenters. The quantitative estimate of drug-likeness (QED) is 0.833. The van der Waals surface area contributed by atoms with Crippen LogP contribution in [0.25, 0.3) is 6.08 Å². The van der Waals surface area contributed by atoms with Crippen molar-refractivity contribution < 1.29 is 19.0 Å². The van der Waals surface area contributed by atoms with Crippen molar-refractivity contribution in [2.24, 2.45) is 0 Å². The van der Waals surface area contributed by atoms with E-state index in [0.29, 0.717) is 31.6 Å². The van der Waals surface area contributed by atoms with Crippen LogP contribution in [0.5, 0.6) is 0 Å². The van der Waals surface area contributed by atoms with E-state index in [0.717, 1.165) is 5.56 Å². The van der Waals surface area contributed by atoms with E-state index in [9.17, 15) is 14.3 Å². The minimum absolute atomic E-state index is 0.212. The van der Waals surface area contributed by atoms with Crippen molar-refractivity contribution >= 4 is 12.0 Å². The molecule has 1 saturated heterocycles. The molecule has 5 heteroatoms. The minimum Gasteiger partial charge on any atom is -0.388 e. The lowest BCUT2D eigenvalue weighted by Gasteiger charge is -2.32. The molecule has 0 radical (unpaired) electrons. The zero-order valence-electron chi connectivity index (χ0n) is 12.1. The molecular weight excluding hydrogens is 273 g/mol. The van der Waals surface area contributed by atoms with Gasteiger partial charge in [0.15, 0.2) is 0 Å². The number of benzene rings is 1. The van der Waals surface area contributed by atoms with Gasteiger partial charge in [0.2, 0.25) is 5.91 Å². The molecule has 1 aliphatic heterocycles. The van der Waals surface area contributed by atoms with Crippen molar-refractivity contribution in [3.63, 3.8) is 0 Å². The molecule has 1 heterocycles. The second-order valence-corrected chi connectivity index (χ2v) is 5.40. The summed E-state index contributed by atoms with van der Waals surface area (Å²) in [6, 6.07) is 5.92. The molecule has 1 fully saturated rings. The molecule has 4 nitrogen and oxygen atoms in total. The van der Waals surface area contributed by atoms with Gasteiger partial charge < -0.3 is 15.2 Å². The van der Waals surface area contributed by atoms with Gasteiger partial charge in [0, 0.05) is 38.2 Å². The fourth-order valence-corrected chi connectivity index (χ4v) is 2.19. The second-order valence-electron chi connectivity index (χ2n) is 5.40. The van der Waals surface area contributed by atoms with Crippen LogP contribution >= 0.6 is 0 Å². The minimum atomic E-state index is -0.885.